The van der Waals surface area contributed by atoms with Gasteiger partial charge in [-0.3, -0.25) is 4.98 Å². The third-order valence-electron chi connectivity index (χ3n) is 6.11. The Hall–Kier alpha value is -2.66. The van der Waals surface area contributed by atoms with Crippen LogP contribution in [-0.4, -0.2) is 26.1 Å². The summed E-state index contributed by atoms with van der Waals surface area (Å²) < 4.78 is 2.40. The van der Waals surface area contributed by atoms with E-state index in [2.05, 4.69) is 84.7 Å². The number of nitrogens with zero attached hydrogens (tertiary/aromatic N) is 3. The van der Waals surface area contributed by atoms with E-state index < -0.39 is 0 Å². The number of hydrogen-bond acceptors (Lipinski definition) is 2. The van der Waals surface area contributed by atoms with Crippen molar-refractivity contribution in [1.29, 1.82) is 0 Å². The van der Waals surface area contributed by atoms with Gasteiger partial charge >= 0.3 is 0 Å². The first-order chi connectivity index (χ1) is 14.4. The second-order valence-corrected chi connectivity index (χ2v) is 8.61. The number of aromatic nitrogens is 2. The lowest BCUT2D eigenvalue weighted by atomic mass is 9.96. The van der Waals surface area contributed by atoms with Gasteiger partial charge in [0.1, 0.15) is 0 Å². The third kappa shape index (κ3) is 3.41. The summed E-state index contributed by atoms with van der Waals surface area (Å²) in [5, 5.41) is 4.37. The predicted molar refractivity (Wildman–Crippen MR) is 127 cm³/mol. The molecular formula is C25H30N4S. The van der Waals surface area contributed by atoms with Crippen molar-refractivity contribution in [2.45, 2.75) is 53.1 Å². The normalized spacial score (nSPS) is 18.7. The van der Waals surface area contributed by atoms with Crippen molar-refractivity contribution in [2.75, 3.05) is 6.54 Å². The third-order valence-corrected chi connectivity index (χ3v) is 6.47. The maximum Gasteiger partial charge on any atom is 0.170 e. The second-order valence-electron chi connectivity index (χ2n) is 8.22. The molecule has 1 aliphatic heterocycles. The summed E-state index contributed by atoms with van der Waals surface area (Å²) in [7, 11) is 0. The van der Waals surface area contributed by atoms with Crippen LogP contribution in [0, 0.1) is 27.7 Å². The lowest BCUT2D eigenvalue weighted by molar-refractivity contribution is 0.316. The fourth-order valence-corrected chi connectivity index (χ4v) is 5.15. The Morgan fingerprint density at radius 1 is 1.03 bits per heavy atom. The molecule has 2 aromatic heterocycles. The van der Waals surface area contributed by atoms with Crippen LogP contribution < -0.4 is 5.32 Å². The number of nitrogens with one attached hydrogen (secondary N) is 1. The van der Waals surface area contributed by atoms with Crippen molar-refractivity contribution in [3.63, 3.8) is 0 Å². The Bertz CT molecular complexity index is 1050. The van der Waals surface area contributed by atoms with Crippen LogP contribution in [0.2, 0.25) is 0 Å². The van der Waals surface area contributed by atoms with E-state index in [1.54, 1.807) is 0 Å². The van der Waals surface area contributed by atoms with Crippen LogP contribution in [-0.2, 0) is 0 Å². The molecule has 0 bridgehead atoms. The lowest BCUT2D eigenvalue weighted by Crippen LogP contribution is -2.30. The van der Waals surface area contributed by atoms with E-state index in [9.17, 15) is 0 Å². The lowest BCUT2D eigenvalue weighted by Gasteiger charge is -2.28. The Morgan fingerprint density at radius 3 is 2.40 bits per heavy atom. The van der Waals surface area contributed by atoms with Gasteiger partial charge in [0.2, 0.25) is 0 Å². The zero-order valence-electron chi connectivity index (χ0n) is 18.4. The molecule has 30 heavy (non-hydrogen) atoms. The number of aryl methyl sites for hydroxylation is 3. The van der Waals surface area contributed by atoms with Crippen LogP contribution in [0.25, 0.3) is 5.69 Å². The molecule has 3 heterocycles. The van der Waals surface area contributed by atoms with Gasteiger partial charge in [0, 0.05) is 24.1 Å². The van der Waals surface area contributed by atoms with Crippen LogP contribution in [0.3, 0.4) is 0 Å². The summed E-state index contributed by atoms with van der Waals surface area (Å²) in [6, 6.07) is 15.1. The number of para-hydroxylation sites is 1. The number of pyridine rings is 1. The molecule has 1 fully saturated rings. The maximum atomic E-state index is 5.76. The molecule has 0 unspecified atom stereocenters. The Labute approximate surface area is 184 Å². The smallest absolute Gasteiger partial charge is 0.170 e. The monoisotopic (exact) mass is 418 g/mol. The van der Waals surface area contributed by atoms with Crippen molar-refractivity contribution in [1.82, 2.24) is 19.8 Å². The molecule has 3 aromatic rings. The highest BCUT2D eigenvalue weighted by Crippen LogP contribution is 2.41. The zero-order chi connectivity index (χ0) is 21.4. The molecule has 2 atom stereocenters. The molecule has 4 nitrogen and oxygen atoms in total. The number of benzene rings is 1. The van der Waals surface area contributed by atoms with Crippen LogP contribution in [0.1, 0.15) is 59.2 Å². The fourth-order valence-electron chi connectivity index (χ4n) is 4.82. The number of thiocarbonyl (C=S) groups is 1. The van der Waals surface area contributed by atoms with Crippen LogP contribution >= 0.6 is 12.2 Å². The summed E-state index contributed by atoms with van der Waals surface area (Å²) >= 11 is 5.76. The van der Waals surface area contributed by atoms with Gasteiger partial charge < -0.3 is 14.8 Å². The summed E-state index contributed by atoms with van der Waals surface area (Å²) in [5.74, 6) is 0. The molecule has 1 aromatic carbocycles. The minimum absolute atomic E-state index is 0.0390. The van der Waals surface area contributed by atoms with Crippen molar-refractivity contribution < 1.29 is 0 Å². The quantitative estimate of drug-likeness (QED) is 0.556. The van der Waals surface area contributed by atoms with Crippen molar-refractivity contribution >= 4 is 17.3 Å². The minimum Gasteiger partial charge on any atom is -0.352 e. The van der Waals surface area contributed by atoms with E-state index in [0.717, 1.165) is 23.8 Å². The van der Waals surface area contributed by atoms with Crippen molar-refractivity contribution in [3.05, 3.63) is 82.4 Å². The Kier molecular flexibility index (Phi) is 5.65. The number of hydrogen-bond donors (Lipinski definition) is 1. The molecule has 1 saturated heterocycles. The molecule has 0 aliphatic carbocycles. The van der Waals surface area contributed by atoms with E-state index in [-0.39, 0.29) is 12.1 Å². The molecule has 0 saturated carbocycles. The first kappa shape index (κ1) is 20.6. The van der Waals surface area contributed by atoms with Crippen molar-refractivity contribution in [3.8, 4) is 5.69 Å². The van der Waals surface area contributed by atoms with Crippen LogP contribution in [0.15, 0.2) is 48.7 Å². The zero-order valence-corrected chi connectivity index (χ0v) is 19.3. The average Bonchev–Trinajstić information content (AvgIpc) is 3.20. The highest BCUT2D eigenvalue weighted by molar-refractivity contribution is 7.80. The van der Waals surface area contributed by atoms with Gasteiger partial charge in [-0.05, 0) is 81.2 Å². The molecule has 5 heteroatoms. The van der Waals surface area contributed by atoms with Gasteiger partial charge in [-0.15, -0.1) is 0 Å². The van der Waals surface area contributed by atoms with Gasteiger partial charge in [-0.1, -0.05) is 31.2 Å². The number of rotatable bonds is 5. The summed E-state index contributed by atoms with van der Waals surface area (Å²) in [6.07, 6.45) is 2.91. The minimum atomic E-state index is 0.0390. The molecule has 156 valence electrons. The first-order valence-corrected chi connectivity index (χ1v) is 11.1. The molecule has 0 radical (unpaired) electrons. The first-order valence-electron chi connectivity index (χ1n) is 10.7. The standard InChI is InChI=1S/C25H30N4S/c1-6-14-28-24(22(27-25(28)30)21-12-7-8-13-26-21)20-15-18(4)29(19(20)5)23-16(2)10-9-11-17(23)3/h7-13,15,22,24H,6,14H2,1-5H3,(H,27,30)/t22-,24-/m0/s1. The van der Waals surface area contributed by atoms with Crippen LogP contribution in [0.5, 0.6) is 0 Å². The molecule has 0 spiro atoms. The maximum absolute atomic E-state index is 5.76. The van der Waals surface area contributed by atoms with E-state index in [4.69, 9.17) is 12.2 Å². The summed E-state index contributed by atoms with van der Waals surface area (Å²) in [4.78, 5) is 6.99. The van der Waals surface area contributed by atoms with Crippen molar-refractivity contribution in [2.24, 2.45) is 0 Å². The van der Waals surface area contributed by atoms with Gasteiger partial charge in [-0.2, -0.15) is 0 Å². The van der Waals surface area contributed by atoms with Gasteiger partial charge in [-0.25, -0.2) is 0 Å². The Balaban J connectivity index is 1.87. The molecule has 1 N–H and O–H groups in total. The summed E-state index contributed by atoms with van der Waals surface area (Å²) in [5.41, 5.74) is 8.71. The fraction of sp³-hybridized carbons (Fsp3) is 0.360. The average molecular weight is 419 g/mol. The predicted octanol–water partition coefficient (Wildman–Crippen LogP) is 5.49. The second kappa shape index (κ2) is 8.23. The summed E-state index contributed by atoms with van der Waals surface area (Å²) in [6.45, 7) is 11.9. The van der Waals surface area contributed by atoms with E-state index in [1.165, 1.54) is 33.8 Å². The van der Waals surface area contributed by atoms with E-state index >= 15 is 0 Å². The Morgan fingerprint density at radius 2 is 1.77 bits per heavy atom. The van der Waals surface area contributed by atoms with Gasteiger partial charge in [0.25, 0.3) is 0 Å². The topological polar surface area (TPSA) is 33.1 Å². The highest BCUT2D eigenvalue weighted by atomic mass is 32.1. The van der Waals surface area contributed by atoms with Crippen LogP contribution in [0.4, 0.5) is 0 Å². The van der Waals surface area contributed by atoms with Gasteiger partial charge in [0.05, 0.1) is 23.5 Å². The largest absolute Gasteiger partial charge is 0.352 e. The molecule has 4 rings (SSSR count). The van der Waals surface area contributed by atoms with Gasteiger partial charge in [0.15, 0.2) is 5.11 Å². The SMILES string of the molecule is CCCN1C(=S)N[C@@H](c2ccccn2)[C@@H]1c1cc(C)n(-c2c(C)cccc2C)c1C. The molecule has 0 amide bonds. The molecular weight excluding hydrogens is 388 g/mol. The van der Waals surface area contributed by atoms with E-state index in [1.807, 2.05) is 18.3 Å². The van der Waals surface area contributed by atoms with E-state index in [0.29, 0.717) is 0 Å². The molecule has 1 aliphatic rings. The highest BCUT2D eigenvalue weighted by Gasteiger charge is 2.41.